The lowest BCUT2D eigenvalue weighted by atomic mass is 10.0. The topological polar surface area (TPSA) is 59.5 Å². The van der Waals surface area contributed by atoms with Gasteiger partial charge in [0.15, 0.2) is 23.2 Å². The molecule has 0 aliphatic carbocycles. The van der Waals surface area contributed by atoms with Crippen LogP contribution in [0.2, 0.25) is 0 Å². The van der Waals surface area contributed by atoms with E-state index in [-0.39, 0.29) is 5.69 Å². The van der Waals surface area contributed by atoms with Gasteiger partial charge in [0.05, 0.1) is 18.9 Å². The minimum Gasteiger partial charge on any atom is -0.356 e. The summed E-state index contributed by atoms with van der Waals surface area (Å²) in [5.41, 5.74) is -0.191. The minimum absolute atomic E-state index is 0.191. The van der Waals surface area contributed by atoms with Crippen molar-refractivity contribution in [3.63, 3.8) is 0 Å². The van der Waals surface area contributed by atoms with Crippen LogP contribution in [0, 0.1) is 24.4 Å². The number of hydrogen-bond acceptors (Lipinski definition) is 6. The van der Waals surface area contributed by atoms with E-state index in [4.69, 9.17) is 9.47 Å². The number of anilines is 3. The van der Waals surface area contributed by atoms with E-state index in [2.05, 4.69) is 20.2 Å². The third-order valence-corrected chi connectivity index (χ3v) is 4.79. The van der Waals surface area contributed by atoms with Crippen molar-refractivity contribution in [2.24, 2.45) is 0 Å². The standard InChI is InChI=1S/C18H19F3N4O2/c1-11-22-14(24-13-3-2-12(19)16(20)17(13)21)10-15(23-11)25-6-4-18(5-7-25)26-8-9-27-18/h2-3,10H,4-9H2,1H3,(H,22,23,24). The third kappa shape index (κ3) is 3.57. The van der Waals surface area contributed by atoms with E-state index < -0.39 is 23.2 Å². The molecule has 0 bridgehead atoms. The highest BCUT2D eigenvalue weighted by atomic mass is 19.2. The van der Waals surface area contributed by atoms with Gasteiger partial charge in [0.25, 0.3) is 0 Å². The molecule has 6 nitrogen and oxygen atoms in total. The molecule has 0 saturated carbocycles. The quantitative estimate of drug-likeness (QED) is 0.825. The van der Waals surface area contributed by atoms with Gasteiger partial charge in [-0.05, 0) is 19.1 Å². The third-order valence-electron chi connectivity index (χ3n) is 4.79. The first kappa shape index (κ1) is 18.0. The van der Waals surface area contributed by atoms with Crippen molar-refractivity contribution in [3.8, 4) is 0 Å². The minimum atomic E-state index is -1.52. The molecule has 0 unspecified atom stereocenters. The lowest BCUT2D eigenvalue weighted by Crippen LogP contribution is -2.45. The largest absolute Gasteiger partial charge is 0.356 e. The van der Waals surface area contributed by atoms with Gasteiger partial charge in [0.2, 0.25) is 0 Å². The molecule has 2 fully saturated rings. The Morgan fingerprint density at radius 1 is 1.04 bits per heavy atom. The van der Waals surface area contributed by atoms with Crippen LogP contribution in [-0.2, 0) is 9.47 Å². The Bertz CT molecular complexity index is 849. The van der Waals surface area contributed by atoms with E-state index in [1.54, 1.807) is 13.0 Å². The van der Waals surface area contributed by atoms with E-state index in [0.29, 0.717) is 43.8 Å². The summed E-state index contributed by atoms with van der Waals surface area (Å²) in [6.07, 6.45) is 1.44. The molecule has 3 heterocycles. The highest BCUT2D eigenvalue weighted by Crippen LogP contribution is 2.33. The molecule has 9 heteroatoms. The SMILES string of the molecule is Cc1nc(Nc2ccc(F)c(F)c2F)cc(N2CCC3(CC2)OCCO3)n1. The molecule has 0 amide bonds. The van der Waals surface area contributed by atoms with Crippen molar-refractivity contribution >= 4 is 17.3 Å². The van der Waals surface area contributed by atoms with Crippen LogP contribution in [-0.4, -0.2) is 42.1 Å². The molecule has 0 radical (unpaired) electrons. The number of benzene rings is 1. The molecule has 1 spiro atoms. The van der Waals surface area contributed by atoms with Crippen LogP contribution in [0.4, 0.5) is 30.5 Å². The Hall–Kier alpha value is -2.39. The van der Waals surface area contributed by atoms with Crippen LogP contribution in [0.3, 0.4) is 0 Å². The van der Waals surface area contributed by atoms with Gasteiger partial charge >= 0.3 is 0 Å². The summed E-state index contributed by atoms with van der Waals surface area (Å²) in [4.78, 5) is 10.7. The number of aryl methyl sites for hydroxylation is 1. The van der Waals surface area contributed by atoms with Gasteiger partial charge in [0.1, 0.15) is 17.5 Å². The molecule has 1 N–H and O–H groups in total. The first-order chi connectivity index (χ1) is 13.0. The van der Waals surface area contributed by atoms with Crippen molar-refractivity contribution in [1.29, 1.82) is 0 Å². The zero-order valence-electron chi connectivity index (χ0n) is 14.8. The summed E-state index contributed by atoms with van der Waals surface area (Å²) in [5.74, 6) is -3.10. The van der Waals surface area contributed by atoms with Crippen molar-refractivity contribution in [3.05, 3.63) is 41.5 Å². The molecule has 2 aliphatic rings. The molecule has 2 saturated heterocycles. The first-order valence-corrected chi connectivity index (χ1v) is 8.75. The average Bonchev–Trinajstić information content (AvgIpc) is 3.10. The van der Waals surface area contributed by atoms with Crippen LogP contribution < -0.4 is 10.2 Å². The Balaban J connectivity index is 1.53. The number of rotatable bonds is 3. The van der Waals surface area contributed by atoms with E-state index in [9.17, 15) is 13.2 Å². The second-order valence-corrected chi connectivity index (χ2v) is 6.60. The van der Waals surface area contributed by atoms with Gasteiger partial charge in [-0.15, -0.1) is 0 Å². The summed E-state index contributed by atoms with van der Waals surface area (Å²) >= 11 is 0. The van der Waals surface area contributed by atoms with Crippen LogP contribution in [0.25, 0.3) is 0 Å². The molecule has 2 aromatic rings. The Morgan fingerprint density at radius 2 is 1.74 bits per heavy atom. The highest BCUT2D eigenvalue weighted by molar-refractivity contribution is 5.60. The van der Waals surface area contributed by atoms with E-state index >= 15 is 0 Å². The van der Waals surface area contributed by atoms with Gasteiger partial charge in [-0.2, -0.15) is 0 Å². The summed E-state index contributed by atoms with van der Waals surface area (Å²) in [6.45, 7) is 4.32. The van der Waals surface area contributed by atoms with Crippen LogP contribution in [0.1, 0.15) is 18.7 Å². The molecule has 27 heavy (non-hydrogen) atoms. The van der Waals surface area contributed by atoms with Gasteiger partial charge in [-0.1, -0.05) is 0 Å². The molecule has 144 valence electrons. The predicted molar refractivity (Wildman–Crippen MR) is 92.4 cm³/mol. The van der Waals surface area contributed by atoms with Gasteiger partial charge in [-0.3, -0.25) is 0 Å². The number of nitrogens with one attached hydrogen (secondary N) is 1. The number of hydrogen-bond donors (Lipinski definition) is 1. The maximum atomic E-state index is 13.9. The van der Waals surface area contributed by atoms with Crippen LogP contribution in [0.5, 0.6) is 0 Å². The lowest BCUT2D eigenvalue weighted by molar-refractivity contribution is -0.169. The molecule has 1 aromatic carbocycles. The molecule has 2 aliphatic heterocycles. The average molecular weight is 380 g/mol. The molecule has 4 rings (SSSR count). The van der Waals surface area contributed by atoms with Crippen molar-refractivity contribution in [2.75, 3.05) is 36.5 Å². The van der Waals surface area contributed by atoms with Crippen LogP contribution >= 0.6 is 0 Å². The fraction of sp³-hybridized carbons (Fsp3) is 0.444. The summed E-state index contributed by atoms with van der Waals surface area (Å²) in [6, 6.07) is 3.65. The normalized spacial score (nSPS) is 18.9. The molecular weight excluding hydrogens is 361 g/mol. The lowest BCUT2D eigenvalue weighted by Gasteiger charge is -2.38. The van der Waals surface area contributed by atoms with E-state index in [1.165, 1.54) is 0 Å². The van der Waals surface area contributed by atoms with E-state index in [0.717, 1.165) is 25.0 Å². The van der Waals surface area contributed by atoms with Crippen molar-refractivity contribution in [1.82, 2.24) is 9.97 Å². The number of aromatic nitrogens is 2. The second-order valence-electron chi connectivity index (χ2n) is 6.60. The van der Waals surface area contributed by atoms with Gasteiger partial charge < -0.3 is 19.7 Å². The molecule has 1 aromatic heterocycles. The van der Waals surface area contributed by atoms with Gasteiger partial charge in [-0.25, -0.2) is 23.1 Å². The van der Waals surface area contributed by atoms with Gasteiger partial charge in [0, 0.05) is 32.0 Å². The fourth-order valence-electron chi connectivity index (χ4n) is 3.40. The monoisotopic (exact) mass is 380 g/mol. The Kier molecular flexibility index (Phi) is 4.65. The number of nitrogens with zero attached hydrogens (tertiary/aromatic N) is 3. The Morgan fingerprint density at radius 3 is 2.44 bits per heavy atom. The Labute approximate surface area is 154 Å². The summed E-state index contributed by atoms with van der Waals surface area (Å²) in [5, 5.41) is 2.70. The second kappa shape index (κ2) is 6.97. The molecule has 0 atom stereocenters. The number of halogens is 3. The fourth-order valence-corrected chi connectivity index (χ4v) is 3.40. The predicted octanol–water partition coefficient (Wildman–Crippen LogP) is 3.29. The highest BCUT2D eigenvalue weighted by Gasteiger charge is 2.40. The zero-order valence-corrected chi connectivity index (χ0v) is 14.8. The zero-order chi connectivity index (χ0) is 19.0. The van der Waals surface area contributed by atoms with Crippen LogP contribution in [0.15, 0.2) is 18.2 Å². The maximum absolute atomic E-state index is 13.9. The van der Waals surface area contributed by atoms with E-state index in [1.807, 2.05) is 0 Å². The smallest absolute Gasteiger partial charge is 0.196 e. The maximum Gasteiger partial charge on any atom is 0.196 e. The number of ether oxygens (including phenoxy) is 2. The number of piperidine rings is 1. The van der Waals surface area contributed by atoms with Crippen molar-refractivity contribution < 1.29 is 22.6 Å². The first-order valence-electron chi connectivity index (χ1n) is 8.75. The summed E-state index contributed by atoms with van der Waals surface area (Å²) < 4.78 is 51.9. The molecular formula is C18H19F3N4O2. The van der Waals surface area contributed by atoms with Crippen molar-refractivity contribution in [2.45, 2.75) is 25.6 Å². The summed E-state index contributed by atoms with van der Waals surface area (Å²) in [7, 11) is 0.